The Bertz CT molecular complexity index is 1260. The van der Waals surface area contributed by atoms with E-state index in [4.69, 9.17) is 4.74 Å². The van der Waals surface area contributed by atoms with Crippen molar-refractivity contribution in [3.8, 4) is 5.75 Å². The average Bonchev–Trinajstić information content (AvgIpc) is 2.91. The third-order valence-corrected chi connectivity index (χ3v) is 8.70. The number of nitrogens with zero attached hydrogens (tertiary/aromatic N) is 3. The van der Waals surface area contributed by atoms with E-state index in [9.17, 15) is 13.2 Å². The van der Waals surface area contributed by atoms with Crippen molar-refractivity contribution in [2.75, 3.05) is 51.3 Å². The van der Waals surface area contributed by atoms with E-state index in [1.807, 2.05) is 54.6 Å². The number of hydrogen-bond donors (Lipinski definition) is 0. The number of halogens is 1. The van der Waals surface area contributed by atoms with Gasteiger partial charge in [-0.15, -0.1) is 0 Å². The predicted molar refractivity (Wildman–Crippen MR) is 145 cm³/mol. The molecule has 0 aliphatic carbocycles. The second-order valence-electron chi connectivity index (χ2n) is 8.57. The fraction of sp³-hybridized carbons (Fsp3) is 0.296. The van der Waals surface area contributed by atoms with Gasteiger partial charge in [-0.25, -0.2) is 8.42 Å². The van der Waals surface area contributed by atoms with Crippen LogP contribution in [-0.2, 0) is 21.2 Å². The van der Waals surface area contributed by atoms with Gasteiger partial charge in [0.15, 0.2) is 0 Å². The Morgan fingerprint density at radius 2 is 1.56 bits per heavy atom. The van der Waals surface area contributed by atoms with Gasteiger partial charge in [0.1, 0.15) is 5.75 Å². The molecule has 3 aromatic carbocycles. The second-order valence-corrected chi connectivity index (χ2v) is 11.4. The van der Waals surface area contributed by atoms with Gasteiger partial charge in [-0.1, -0.05) is 58.4 Å². The summed E-state index contributed by atoms with van der Waals surface area (Å²) in [5, 5.41) is 0. The zero-order valence-electron chi connectivity index (χ0n) is 20.2. The Morgan fingerprint density at radius 3 is 2.22 bits per heavy atom. The smallest absolute Gasteiger partial charge is 0.243 e. The highest BCUT2D eigenvalue weighted by Gasteiger charge is 2.30. The number of para-hydroxylation sites is 2. The molecule has 1 heterocycles. The molecule has 0 aromatic heterocycles. The van der Waals surface area contributed by atoms with Gasteiger partial charge in [0.25, 0.3) is 0 Å². The van der Waals surface area contributed by atoms with E-state index >= 15 is 0 Å². The van der Waals surface area contributed by atoms with Crippen LogP contribution in [0.3, 0.4) is 0 Å². The molecule has 1 fully saturated rings. The monoisotopic (exact) mass is 571 g/mol. The fourth-order valence-corrected chi connectivity index (χ4v) is 5.93. The molecule has 1 aliphatic rings. The highest BCUT2D eigenvalue weighted by Crippen LogP contribution is 2.28. The number of amides is 1. The normalized spacial score (nSPS) is 14.2. The quantitative estimate of drug-likeness (QED) is 0.387. The fourth-order valence-electron chi connectivity index (χ4n) is 4.28. The Morgan fingerprint density at radius 1 is 0.917 bits per heavy atom. The van der Waals surface area contributed by atoms with Gasteiger partial charge in [-0.3, -0.25) is 4.79 Å². The first kappa shape index (κ1) is 26.2. The zero-order valence-corrected chi connectivity index (χ0v) is 22.6. The van der Waals surface area contributed by atoms with Crippen LogP contribution in [-0.4, -0.2) is 69.9 Å². The number of benzene rings is 3. The van der Waals surface area contributed by atoms with Gasteiger partial charge in [0.2, 0.25) is 15.9 Å². The van der Waals surface area contributed by atoms with E-state index in [1.54, 1.807) is 36.3 Å². The van der Waals surface area contributed by atoms with Gasteiger partial charge in [-0.2, -0.15) is 4.31 Å². The third-order valence-electron chi connectivity index (χ3n) is 6.31. The lowest BCUT2D eigenvalue weighted by atomic mass is 10.1. The summed E-state index contributed by atoms with van der Waals surface area (Å²) in [6.45, 7) is 2.35. The van der Waals surface area contributed by atoms with Crippen LogP contribution in [0, 0.1) is 0 Å². The molecule has 1 amide bonds. The molecule has 3 aromatic rings. The molecule has 36 heavy (non-hydrogen) atoms. The van der Waals surface area contributed by atoms with Crippen molar-refractivity contribution in [1.82, 2.24) is 9.21 Å². The summed E-state index contributed by atoms with van der Waals surface area (Å²) < 4.78 is 34.6. The number of piperazine rings is 1. The van der Waals surface area contributed by atoms with Crippen molar-refractivity contribution < 1.29 is 17.9 Å². The number of rotatable bonds is 9. The van der Waals surface area contributed by atoms with Crippen LogP contribution in [0.5, 0.6) is 5.75 Å². The predicted octanol–water partition coefficient (Wildman–Crippen LogP) is 4.04. The molecular weight excluding hydrogens is 542 g/mol. The molecular formula is C27H30BrN3O4S. The maximum Gasteiger partial charge on any atom is 0.243 e. The Hall–Kier alpha value is -2.88. The van der Waals surface area contributed by atoms with Crippen LogP contribution in [0.1, 0.15) is 5.56 Å². The average molecular weight is 573 g/mol. The minimum Gasteiger partial charge on any atom is -0.495 e. The minimum absolute atomic E-state index is 0.174. The molecule has 9 heteroatoms. The van der Waals surface area contributed by atoms with Gasteiger partial charge >= 0.3 is 0 Å². The van der Waals surface area contributed by atoms with Crippen molar-refractivity contribution in [3.05, 3.63) is 88.9 Å². The molecule has 7 nitrogen and oxygen atoms in total. The molecule has 1 aliphatic heterocycles. The van der Waals surface area contributed by atoms with Gasteiger partial charge in [0, 0.05) is 37.2 Å². The first-order valence-corrected chi connectivity index (χ1v) is 14.1. The highest BCUT2D eigenvalue weighted by molar-refractivity contribution is 9.10. The minimum atomic E-state index is -3.85. The molecule has 0 radical (unpaired) electrons. The van der Waals surface area contributed by atoms with Crippen LogP contribution < -0.4 is 9.64 Å². The van der Waals surface area contributed by atoms with E-state index in [0.29, 0.717) is 32.6 Å². The van der Waals surface area contributed by atoms with E-state index in [0.717, 1.165) is 21.5 Å². The summed E-state index contributed by atoms with van der Waals surface area (Å²) in [5.41, 5.74) is 2.01. The van der Waals surface area contributed by atoms with Crippen molar-refractivity contribution in [3.63, 3.8) is 0 Å². The van der Waals surface area contributed by atoms with Crippen LogP contribution in [0.2, 0.25) is 0 Å². The molecule has 0 spiro atoms. The molecule has 0 N–H and O–H groups in total. The number of sulfonamides is 1. The lowest BCUT2D eigenvalue weighted by Gasteiger charge is -2.37. The molecule has 4 rings (SSSR count). The zero-order chi connectivity index (χ0) is 25.5. The van der Waals surface area contributed by atoms with Gasteiger partial charge < -0.3 is 14.5 Å². The second kappa shape index (κ2) is 11.9. The Balaban J connectivity index is 1.46. The summed E-state index contributed by atoms with van der Waals surface area (Å²) >= 11 is 3.35. The number of carbonyl (C=O) groups excluding carboxylic acids is 1. The summed E-state index contributed by atoms with van der Waals surface area (Å²) in [4.78, 5) is 17.4. The van der Waals surface area contributed by atoms with Crippen LogP contribution in [0.25, 0.3) is 0 Å². The summed E-state index contributed by atoms with van der Waals surface area (Å²) in [6, 6.07) is 24.0. The van der Waals surface area contributed by atoms with E-state index in [2.05, 4.69) is 20.8 Å². The highest BCUT2D eigenvalue weighted by atomic mass is 79.9. The molecule has 0 bridgehead atoms. The molecule has 1 saturated heterocycles. The number of methoxy groups -OCH3 is 1. The van der Waals surface area contributed by atoms with Crippen molar-refractivity contribution >= 4 is 37.5 Å². The summed E-state index contributed by atoms with van der Waals surface area (Å²) in [7, 11) is -2.20. The summed E-state index contributed by atoms with van der Waals surface area (Å²) in [5.74, 6) is 0.605. The topological polar surface area (TPSA) is 70.2 Å². The van der Waals surface area contributed by atoms with Crippen LogP contribution in [0.15, 0.2) is 88.2 Å². The van der Waals surface area contributed by atoms with Crippen molar-refractivity contribution in [2.45, 2.75) is 11.3 Å². The van der Waals surface area contributed by atoms with Gasteiger partial charge in [0.05, 0.1) is 24.2 Å². The lowest BCUT2D eigenvalue weighted by Crippen LogP contribution is -2.52. The SMILES string of the molecule is COc1ccccc1N1CCN(C(=O)CN(CCc2ccccc2)S(=O)(=O)c2ccc(Br)cc2)CC1. The standard InChI is InChI=1S/C27H30BrN3O4S/c1-35-26-10-6-5-9-25(26)29-17-19-30(20-18-29)27(32)21-31(16-15-22-7-3-2-4-8-22)36(33,34)24-13-11-23(28)12-14-24/h2-14H,15-21H2,1H3. The largest absolute Gasteiger partial charge is 0.495 e. The first-order valence-electron chi connectivity index (χ1n) is 11.8. The molecule has 190 valence electrons. The Labute approximate surface area is 221 Å². The number of hydrogen-bond acceptors (Lipinski definition) is 5. The Kier molecular flexibility index (Phi) is 8.66. The molecule has 0 saturated carbocycles. The number of ether oxygens (including phenoxy) is 1. The van der Waals surface area contributed by atoms with E-state index in [1.165, 1.54) is 4.31 Å². The lowest BCUT2D eigenvalue weighted by molar-refractivity contribution is -0.131. The summed E-state index contributed by atoms with van der Waals surface area (Å²) in [6.07, 6.45) is 0.519. The third kappa shape index (κ3) is 6.27. The molecule has 0 unspecified atom stereocenters. The van der Waals surface area contributed by atoms with Crippen LogP contribution in [0.4, 0.5) is 5.69 Å². The molecule has 0 atom stereocenters. The van der Waals surface area contributed by atoms with E-state index < -0.39 is 10.0 Å². The maximum absolute atomic E-state index is 13.5. The number of anilines is 1. The first-order chi connectivity index (χ1) is 17.4. The van der Waals surface area contributed by atoms with Crippen molar-refractivity contribution in [1.29, 1.82) is 0 Å². The van der Waals surface area contributed by atoms with Gasteiger partial charge in [-0.05, 0) is 48.4 Å². The van der Waals surface area contributed by atoms with Crippen molar-refractivity contribution in [2.24, 2.45) is 0 Å². The van der Waals surface area contributed by atoms with Crippen LogP contribution >= 0.6 is 15.9 Å². The maximum atomic E-state index is 13.5. The number of carbonyl (C=O) groups is 1. The van der Waals surface area contributed by atoms with E-state index in [-0.39, 0.29) is 23.9 Å².